The molecule has 7 heteroatoms. The van der Waals surface area contributed by atoms with Gasteiger partial charge in [-0.3, -0.25) is 4.79 Å². The molecule has 0 aliphatic rings. The van der Waals surface area contributed by atoms with Crippen LogP contribution in [0.3, 0.4) is 0 Å². The fourth-order valence-electron chi connectivity index (χ4n) is 1.58. The molecule has 0 radical (unpaired) electrons. The monoisotopic (exact) mass is 270 g/mol. The van der Waals surface area contributed by atoms with Crippen LogP contribution >= 0.6 is 0 Å². The lowest BCUT2D eigenvalue weighted by Gasteiger charge is -2.12. The van der Waals surface area contributed by atoms with Crippen molar-refractivity contribution in [1.29, 1.82) is 5.26 Å². The van der Waals surface area contributed by atoms with Gasteiger partial charge in [-0.15, -0.1) is 0 Å². The second kappa shape index (κ2) is 6.66. The van der Waals surface area contributed by atoms with E-state index in [1.165, 1.54) is 19.2 Å². The first-order valence-electron chi connectivity index (χ1n) is 5.29. The summed E-state index contributed by atoms with van der Waals surface area (Å²) >= 11 is 0. The molecule has 0 fully saturated rings. The predicted molar refractivity (Wildman–Crippen MR) is 61.4 cm³/mol. The van der Waals surface area contributed by atoms with E-state index in [0.29, 0.717) is 5.56 Å². The minimum absolute atomic E-state index is 0.0303. The van der Waals surface area contributed by atoms with Gasteiger partial charge in [-0.2, -0.15) is 14.0 Å². The summed E-state index contributed by atoms with van der Waals surface area (Å²) in [5.41, 5.74) is 6.20. The molecule has 0 aromatic heterocycles. The van der Waals surface area contributed by atoms with Crippen molar-refractivity contribution in [3.05, 3.63) is 28.8 Å². The number of methoxy groups -OCH3 is 1. The van der Waals surface area contributed by atoms with Crippen molar-refractivity contribution in [2.24, 2.45) is 5.73 Å². The molecule has 102 valence electrons. The van der Waals surface area contributed by atoms with Gasteiger partial charge in [0.15, 0.2) is 0 Å². The molecule has 0 aliphatic carbocycles. The molecule has 0 unspecified atom stereocenters. The van der Waals surface area contributed by atoms with Gasteiger partial charge in [0.2, 0.25) is 0 Å². The third-order valence-electron chi connectivity index (χ3n) is 2.39. The van der Waals surface area contributed by atoms with Gasteiger partial charge in [0.1, 0.15) is 5.75 Å². The van der Waals surface area contributed by atoms with Crippen LogP contribution in [0, 0.1) is 11.3 Å². The van der Waals surface area contributed by atoms with Gasteiger partial charge in [-0.1, -0.05) is 0 Å². The van der Waals surface area contributed by atoms with Crippen LogP contribution in [0.25, 0.3) is 0 Å². The first kappa shape index (κ1) is 14.9. The lowest BCUT2D eigenvalue weighted by Crippen LogP contribution is -2.11. The molecule has 0 heterocycles. The Morgan fingerprint density at radius 2 is 2.11 bits per heavy atom. The lowest BCUT2D eigenvalue weighted by atomic mass is 9.99. The molecular formula is C12H12F2N2O3. The highest BCUT2D eigenvalue weighted by Crippen LogP contribution is 2.24. The van der Waals surface area contributed by atoms with Crippen molar-refractivity contribution in [3.8, 4) is 11.8 Å². The average Bonchev–Trinajstić information content (AvgIpc) is 2.37. The second-order valence-electron chi connectivity index (χ2n) is 3.56. The van der Waals surface area contributed by atoms with Gasteiger partial charge >= 0.3 is 12.6 Å². The summed E-state index contributed by atoms with van der Waals surface area (Å²) in [7, 11) is 1.19. The maximum Gasteiger partial charge on any atom is 0.387 e. The fourth-order valence-corrected chi connectivity index (χ4v) is 1.58. The Labute approximate surface area is 108 Å². The van der Waals surface area contributed by atoms with Gasteiger partial charge in [-0.25, -0.2) is 0 Å². The Morgan fingerprint density at radius 3 is 2.58 bits per heavy atom. The number of esters is 1. The van der Waals surface area contributed by atoms with Crippen molar-refractivity contribution in [1.82, 2.24) is 0 Å². The third kappa shape index (κ3) is 3.89. The van der Waals surface area contributed by atoms with Crippen LogP contribution in [0.1, 0.15) is 16.7 Å². The van der Waals surface area contributed by atoms with Crippen LogP contribution in [0.4, 0.5) is 8.78 Å². The number of rotatable bonds is 5. The van der Waals surface area contributed by atoms with E-state index < -0.39 is 12.6 Å². The quantitative estimate of drug-likeness (QED) is 0.816. The summed E-state index contributed by atoms with van der Waals surface area (Å²) < 4.78 is 33.1. The van der Waals surface area contributed by atoms with Crippen molar-refractivity contribution in [2.75, 3.05) is 7.11 Å². The first-order valence-corrected chi connectivity index (χ1v) is 5.29. The number of nitrogens with two attached hydrogens (primary N) is 1. The summed E-state index contributed by atoms with van der Waals surface area (Å²) in [6, 6.07) is 4.36. The van der Waals surface area contributed by atoms with Gasteiger partial charge in [0.05, 0.1) is 25.2 Å². The largest absolute Gasteiger partial charge is 0.469 e. The van der Waals surface area contributed by atoms with Gasteiger partial charge in [0, 0.05) is 6.54 Å². The summed E-state index contributed by atoms with van der Waals surface area (Å²) in [5, 5.41) is 9.04. The number of carbonyl (C=O) groups excluding carboxylic acids is 1. The Bertz CT molecular complexity index is 512. The molecular weight excluding hydrogens is 258 g/mol. The molecule has 0 spiro atoms. The van der Waals surface area contributed by atoms with Gasteiger partial charge < -0.3 is 15.2 Å². The van der Waals surface area contributed by atoms with Crippen molar-refractivity contribution in [3.63, 3.8) is 0 Å². The number of hydrogen-bond donors (Lipinski definition) is 1. The van der Waals surface area contributed by atoms with Crippen molar-refractivity contribution >= 4 is 5.97 Å². The standard InChI is InChI=1S/C12H12F2N2O3/c1-18-11(17)4-7-2-9(19-12(13)14)3-8(5-15)10(7)6-16/h2-3,12H,4-5,15H2,1H3. The van der Waals surface area contributed by atoms with Crippen LogP contribution in [0.15, 0.2) is 12.1 Å². The highest BCUT2D eigenvalue weighted by Gasteiger charge is 2.15. The molecule has 0 amide bonds. The van der Waals surface area contributed by atoms with E-state index in [1.807, 2.05) is 6.07 Å². The Hall–Kier alpha value is -2.20. The fraction of sp³-hybridized carbons (Fsp3) is 0.333. The molecule has 0 saturated carbocycles. The van der Waals surface area contributed by atoms with Crippen LogP contribution in [-0.4, -0.2) is 19.7 Å². The number of carbonyl (C=O) groups is 1. The maximum atomic E-state index is 12.2. The number of ether oxygens (including phenoxy) is 2. The van der Waals surface area contributed by atoms with Crippen LogP contribution < -0.4 is 10.5 Å². The Kier molecular flexibility index (Phi) is 5.21. The molecule has 0 aliphatic heterocycles. The van der Waals surface area contributed by atoms with Gasteiger partial charge in [0.25, 0.3) is 0 Å². The average molecular weight is 270 g/mol. The number of nitriles is 1. The zero-order chi connectivity index (χ0) is 14.4. The number of hydrogen-bond acceptors (Lipinski definition) is 5. The van der Waals surface area contributed by atoms with Crippen LogP contribution in [0.5, 0.6) is 5.75 Å². The van der Waals surface area contributed by atoms with Gasteiger partial charge in [-0.05, 0) is 23.3 Å². The molecule has 1 aromatic rings. The number of alkyl halides is 2. The molecule has 0 saturated heterocycles. The highest BCUT2D eigenvalue weighted by molar-refractivity contribution is 5.74. The van der Waals surface area contributed by atoms with E-state index in [4.69, 9.17) is 11.0 Å². The summed E-state index contributed by atoms with van der Waals surface area (Å²) in [4.78, 5) is 11.2. The normalized spacial score (nSPS) is 10.1. The summed E-state index contributed by atoms with van der Waals surface area (Å²) in [5.74, 6) is -0.734. The summed E-state index contributed by atoms with van der Waals surface area (Å²) in [6.07, 6.45) is -0.215. The molecule has 5 nitrogen and oxygen atoms in total. The Balaban J connectivity index is 3.24. The SMILES string of the molecule is COC(=O)Cc1cc(OC(F)F)cc(CN)c1C#N. The third-order valence-corrected chi connectivity index (χ3v) is 2.39. The minimum Gasteiger partial charge on any atom is -0.469 e. The lowest BCUT2D eigenvalue weighted by molar-refractivity contribution is -0.139. The molecule has 1 rings (SSSR count). The number of benzene rings is 1. The number of halogens is 2. The molecule has 0 atom stereocenters. The molecule has 19 heavy (non-hydrogen) atoms. The van der Waals surface area contributed by atoms with E-state index in [0.717, 1.165) is 0 Å². The van der Waals surface area contributed by atoms with Crippen LogP contribution in [0.2, 0.25) is 0 Å². The topological polar surface area (TPSA) is 85.3 Å². The first-order chi connectivity index (χ1) is 9.01. The van der Waals surface area contributed by atoms with E-state index in [-0.39, 0.29) is 29.8 Å². The molecule has 0 bridgehead atoms. The summed E-state index contributed by atoms with van der Waals surface area (Å²) in [6.45, 7) is -3.03. The van der Waals surface area contributed by atoms with Crippen LogP contribution in [-0.2, 0) is 22.5 Å². The zero-order valence-electron chi connectivity index (χ0n) is 10.2. The van der Waals surface area contributed by atoms with E-state index >= 15 is 0 Å². The molecule has 1 aromatic carbocycles. The Morgan fingerprint density at radius 1 is 1.47 bits per heavy atom. The highest BCUT2D eigenvalue weighted by atomic mass is 19.3. The smallest absolute Gasteiger partial charge is 0.387 e. The molecule has 2 N–H and O–H groups in total. The minimum atomic E-state index is -3.00. The second-order valence-corrected chi connectivity index (χ2v) is 3.56. The predicted octanol–water partition coefficient (Wildman–Crippen LogP) is 1.33. The number of nitrogens with zero attached hydrogens (tertiary/aromatic N) is 1. The van der Waals surface area contributed by atoms with Crippen molar-refractivity contribution in [2.45, 2.75) is 19.6 Å². The zero-order valence-corrected chi connectivity index (χ0v) is 10.2. The van der Waals surface area contributed by atoms with E-state index in [9.17, 15) is 13.6 Å². The van der Waals surface area contributed by atoms with Crippen molar-refractivity contribution < 1.29 is 23.0 Å². The van der Waals surface area contributed by atoms with E-state index in [1.54, 1.807) is 0 Å². The van der Waals surface area contributed by atoms with E-state index in [2.05, 4.69) is 9.47 Å². The maximum absolute atomic E-state index is 12.2.